The van der Waals surface area contributed by atoms with Crippen molar-refractivity contribution in [1.82, 2.24) is 9.97 Å². The van der Waals surface area contributed by atoms with Gasteiger partial charge in [0.2, 0.25) is 0 Å². The van der Waals surface area contributed by atoms with Crippen LogP contribution in [0.1, 0.15) is 13.8 Å². The summed E-state index contributed by atoms with van der Waals surface area (Å²) in [4.78, 5) is 9.52. The zero-order chi connectivity index (χ0) is 19.5. The number of hydrogen-bond donors (Lipinski definition) is 1. The number of aromatic nitrogens is 2. The van der Waals surface area contributed by atoms with E-state index in [0.29, 0.717) is 10.8 Å². The van der Waals surface area contributed by atoms with Crippen molar-refractivity contribution >= 4 is 34.0 Å². The van der Waals surface area contributed by atoms with Crippen LogP contribution >= 0.6 is 11.6 Å². The number of ether oxygens (including phenoxy) is 1. The molecule has 4 rings (SSSR count). The highest BCUT2D eigenvalue weighted by Gasteiger charge is 2.10. The van der Waals surface area contributed by atoms with Crippen LogP contribution in [0.3, 0.4) is 0 Å². The molecular weight excluding hydrogens is 370 g/mol. The van der Waals surface area contributed by atoms with Gasteiger partial charge in [0.05, 0.1) is 11.6 Å². The second kappa shape index (κ2) is 7.87. The molecule has 1 heterocycles. The Morgan fingerprint density at radius 1 is 0.857 bits per heavy atom. The van der Waals surface area contributed by atoms with Gasteiger partial charge in [-0.2, -0.15) is 0 Å². The molecule has 3 aromatic carbocycles. The Morgan fingerprint density at radius 2 is 1.57 bits per heavy atom. The fourth-order valence-corrected chi connectivity index (χ4v) is 3.05. The lowest BCUT2D eigenvalue weighted by Gasteiger charge is -2.12. The molecule has 140 valence electrons. The fraction of sp³-hybridized carbons (Fsp3) is 0.130. The van der Waals surface area contributed by atoms with Crippen LogP contribution in [0.15, 0.2) is 72.8 Å². The van der Waals surface area contributed by atoms with Crippen molar-refractivity contribution < 1.29 is 4.74 Å². The maximum absolute atomic E-state index is 6.00. The number of fused-ring (bicyclic) bond motifs is 1. The van der Waals surface area contributed by atoms with E-state index in [-0.39, 0.29) is 6.10 Å². The minimum Gasteiger partial charge on any atom is -0.491 e. The van der Waals surface area contributed by atoms with E-state index in [1.54, 1.807) is 0 Å². The monoisotopic (exact) mass is 389 g/mol. The van der Waals surface area contributed by atoms with Crippen molar-refractivity contribution in [2.24, 2.45) is 0 Å². The number of anilines is 2. The molecule has 0 atom stereocenters. The molecule has 0 saturated carbocycles. The first-order valence-electron chi connectivity index (χ1n) is 9.15. The number of nitrogens with one attached hydrogen (secondary N) is 1. The van der Waals surface area contributed by atoms with E-state index in [1.807, 2.05) is 86.6 Å². The molecule has 0 fully saturated rings. The van der Waals surface area contributed by atoms with Crippen molar-refractivity contribution in [3.63, 3.8) is 0 Å². The third-order valence-corrected chi connectivity index (χ3v) is 4.45. The molecule has 0 amide bonds. The van der Waals surface area contributed by atoms with E-state index in [2.05, 4.69) is 5.32 Å². The molecule has 0 saturated heterocycles. The Hall–Kier alpha value is -3.11. The van der Waals surface area contributed by atoms with E-state index in [9.17, 15) is 0 Å². The first kappa shape index (κ1) is 18.3. The minimum absolute atomic E-state index is 0.137. The zero-order valence-electron chi connectivity index (χ0n) is 15.7. The van der Waals surface area contributed by atoms with Crippen LogP contribution in [0.5, 0.6) is 5.75 Å². The van der Waals surface area contributed by atoms with E-state index >= 15 is 0 Å². The van der Waals surface area contributed by atoms with E-state index in [0.717, 1.165) is 33.7 Å². The molecule has 1 aromatic heterocycles. The summed E-state index contributed by atoms with van der Waals surface area (Å²) >= 11 is 6.00. The topological polar surface area (TPSA) is 47.0 Å². The summed E-state index contributed by atoms with van der Waals surface area (Å²) in [5, 5.41) is 5.04. The van der Waals surface area contributed by atoms with E-state index in [1.165, 1.54) is 0 Å². The molecular formula is C23H20ClN3O. The SMILES string of the molecule is CC(C)Oc1ccc(-c2nc(Nc3ccc(Cl)cc3)c3ccccc3n2)cc1. The van der Waals surface area contributed by atoms with Gasteiger partial charge in [0, 0.05) is 21.7 Å². The third kappa shape index (κ3) is 4.07. The van der Waals surface area contributed by atoms with Gasteiger partial charge in [-0.05, 0) is 74.5 Å². The van der Waals surface area contributed by atoms with Gasteiger partial charge in [-0.3, -0.25) is 0 Å². The number of rotatable bonds is 5. The highest BCUT2D eigenvalue weighted by molar-refractivity contribution is 6.30. The number of para-hydroxylation sites is 1. The molecule has 28 heavy (non-hydrogen) atoms. The summed E-state index contributed by atoms with van der Waals surface area (Å²) in [7, 11) is 0. The quantitative estimate of drug-likeness (QED) is 0.424. The van der Waals surface area contributed by atoms with E-state index in [4.69, 9.17) is 26.3 Å². The van der Waals surface area contributed by atoms with Crippen LogP contribution in [0.4, 0.5) is 11.5 Å². The number of hydrogen-bond acceptors (Lipinski definition) is 4. The number of nitrogens with zero attached hydrogens (tertiary/aromatic N) is 2. The molecule has 0 radical (unpaired) electrons. The predicted molar refractivity (Wildman–Crippen MR) is 115 cm³/mol. The second-order valence-corrected chi connectivity index (χ2v) is 7.17. The first-order valence-corrected chi connectivity index (χ1v) is 9.53. The number of halogens is 1. The van der Waals surface area contributed by atoms with Crippen LogP contribution in [0, 0.1) is 0 Å². The van der Waals surface area contributed by atoms with Crippen molar-refractivity contribution in [1.29, 1.82) is 0 Å². The Bertz CT molecular complexity index is 1090. The van der Waals surface area contributed by atoms with Gasteiger partial charge in [-0.25, -0.2) is 9.97 Å². The van der Waals surface area contributed by atoms with Gasteiger partial charge in [0.25, 0.3) is 0 Å². The third-order valence-electron chi connectivity index (χ3n) is 4.19. The summed E-state index contributed by atoms with van der Waals surface area (Å²) < 4.78 is 5.72. The Morgan fingerprint density at radius 3 is 2.29 bits per heavy atom. The molecule has 4 nitrogen and oxygen atoms in total. The maximum Gasteiger partial charge on any atom is 0.162 e. The summed E-state index contributed by atoms with van der Waals surface area (Å²) in [6, 6.07) is 23.4. The summed E-state index contributed by atoms with van der Waals surface area (Å²) in [6.45, 7) is 4.02. The normalized spacial score (nSPS) is 11.0. The van der Waals surface area contributed by atoms with Crippen LogP contribution in [0.2, 0.25) is 5.02 Å². The Kier molecular flexibility index (Phi) is 5.13. The highest BCUT2D eigenvalue weighted by atomic mass is 35.5. The maximum atomic E-state index is 6.00. The van der Waals surface area contributed by atoms with Crippen LogP contribution in [0.25, 0.3) is 22.3 Å². The molecule has 0 bridgehead atoms. The smallest absolute Gasteiger partial charge is 0.162 e. The minimum atomic E-state index is 0.137. The molecule has 0 spiro atoms. The van der Waals surface area contributed by atoms with Gasteiger partial charge >= 0.3 is 0 Å². The van der Waals surface area contributed by atoms with Gasteiger partial charge in [-0.15, -0.1) is 0 Å². The lowest BCUT2D eigenvalue weighted by atomic mass is 10.1. The highest BCUT2D eigenvalue weighted by Crippen LogP contribution is 2.28. The molecule has 4 aromatic rings. The molecule has 0 aliphatic heterocycles. The summed E-state index contributed by atoms with van der Waals surface area (Å²) in [6.07, 6.45) is 0.137. The van der Waals surface area contributed by atoms with Crippen molar-refractivity contribution in [3.8, 4) is 17.1 Å². The van der Waals surface area contributed by atoms with Crippen LogP contribution in [-0.4, -0.2) is 16.1 Å². The average Bonchev–Trinajstić information content (AvgIpc) is 2.70. The van der Waals surface area contributed by atoms with Gasteiger partial charge in [-0.1, -0.05) is 23.7 Å². The number of benzene rings is 3. The fourth-order valence-electron chi connectivity index (χ4n) is 2.93. The molecule has 0 aliphatic rings. The lowest BCUT2D eigenvalue weighted by molar-refractivity contribution is 0.242. The first-order chi connectivity index (χ1) is 13.6. The largest absolute Gasteiger partial charge is 0.491 e. The Balaban J connectivity index is 1.74. The van der Waals surface area contributed by atoms with Gasteiger partial charge in [0.15, 0.2) is 5.82 Å². The zero-order valence-corrected chi connectivity index (χ0v) is 16.4. The Labute approximate surface area is 169 Å². The summed E-state index contributed by atoms with van der Waals surface area (Å²) in [5.41, 5.74) is 2.73. The summed E-state index contributed by atoms with van der Waals surface area (Å²) in [5.74, 6) is 2.25. The second-order valence-electron chi connectivity index (χ2n) is 6.74. The molecule has 1 N–H and O–H groups in total. The van der Waals surface area contributed by atoms with Gasteiger partial charge in [0.1, 0.15) is 11.6 Å². The van der Waals surface area contributed by atoms with Crippen molar-refractivity contribution in [2.45, 2.75) is 20.0 Å². The van der Waals surface area contributed by atoms with Crippen molar-refractivity contribution in [3.05, 3.63) is 77.8 Å². The molecule has 5 heteroatoms. The predicted octanol–water partition coefficient (Wildman–Crippen LogP) is 6.48. The standard InChI is InChI=1S/C23H20ClN3O/c1-15(2)28-19-13-7-16(8-14-19)22-26-21-6-4-3-5-20(21)23(27-22)25-18-11-9-17(24)10-12-18/h3-15H,1-2H3,(H,25,26,27). The van der Waals surface area contributed by atoms with Crippen LogP contribution < -0.4 is 10.1 Å². The van der Waals surface area contributed by atoms with Crippen molar-refractivity contribution in [2.75, 3.05) is 5.32 Å². The van der Waals surface area contributed by atoms with Gasteiger partial charge < -0.3 is 10.1 Å². The van der Waals surface area contributed by atoms with Crippen LogP contribution in [-0.2, 0) is 0 Å². The molecule has 0 unspecified atom stereocenters. The average molecular weight is 390 g/mol. The molecule has 0 aliphatic carbocycles. The van der Waals surface area contributed by atoms with E-state index < -0.39 is 0 Å². The lowest BCUT2D eigenvalue weighted by Crippen LogP contribution is -2.05.